The third-order valence-electron chi connectivity index (χ3n) is 2.67. The van der Waals surface area contributed by atoms with Gasteiger partial charge >= 0.3 is 0 Å². The first-order valence-electron chi connectivity index (χ1n) is 6.15. The highest BCUT2D eigenvalue weighted by molar-refractivity contribution is 5.38. The van der Waals surface area contributed by atoms with E-state index in [2.05, 4.69) is 25.4 Å². The topological polar surface area (TPSA) is 72.4 Å². The standard InChI is InChI=1S/C11H19N5O2/c1-17-6-2-3-12-10-9-13-15-11(14-10)16-4-7-18-8-5-16/h9H,2-8H2,1H3,(H,12,14,15). The molecule has 0 aromatic carbocycles. The lowest BCUT2D eigenvalue weighted by molar-refractivity contribution is 0.122. The van der Waals surface area contributed by atoms with Gasteiger partial charge < -0.3 is 19.7 Å². The van der Waals surface area contributed by atoms with Crippen molar-refractivity contribution in [1.82, 2.24) is 15.2 Å². The summed E-state index contributed by atoms with van der Waals surface area (Å²) in [5.41, 5.74) is 0. The average Bonchev–Trinajstić information content (AvgIpc) is 2.45. The number of nitrogens with zero attached hydrogens (tertiary/aromatic N) is 4. The van der Waals surface area contributed by atoms with Gasteiger partial charge in [-0.3, -0.25) is 0 Å². The normalized spacial score (nSPS) is 15.7. The van der Waals surface area contributed by atoms with E-state index in [0.29, 0.717) is 5.95 Å². The summed E-state index contributed by atoms with van der Waals surface area (Å²) < 4.78 is 10.3. The second-order valence-corrected chi connectivity index (χ2v) is 4.01. The van der Waals surface area contributed by atoms with Gasteiger partial charge in [-0.1, -0.05) is 0 Å². The van der Waals surface area contributed by atoms with Crippen molar-refractivity contribution >= 4 is 11.8 Å². The molecular weight excluding hydrogens is 234 g/mol. The monoisotopic (exact) mass is 253 g/mol. The van der Waals surface area contributed by atoms with Crippen molar-refractivity contribution in [2.24, 2.45) is 0 Å². The van der Waals surface area contributed by atoms with Crippen LogP contribution in [0.3, 0.4) is 0 Å². The van der Waals surface area contributed by atoms with Crippen LogP contribution in [-0.2, 0) is 9.47 Å². The number of hydrogen-bond donors (Lipinski definition) is 1. The maximum Gasteiger partial charge on any atom is 0.247 e. The molecule has 1 N–H and O–H groups in total. The minimum absolute atomic E-state index is 0.662. The molecule has 1 fully saturated rings. The Labute approximate surface area is 107 Å². The largest absolute Gasteiger partial charge is 0.385 e. The third-order valence-corrected chi connectivity index (χ3v) is 2.67. The Hall–Kier alpha value is -1.47. The van der Waals surface area contributed by atoms with Crippen LogP contribution < -0.4 is 10.2 Å². The van der Waals surface area contributed by atoms with E-state index in [0.717, 1.165) is 51.7 Å². The second kappa shape index (κ2) is 7.07. The Morgan fingerprint density at radius 2 is 2.28 bits per heavy atom. The number of anilines is 2. The number of nitrogens with one attached hydrogen (secondary N) is 1. The van der Waals surface area contributed by atoms with Gasteiger partial charge in [0.15, 0.2) is 5.82 Å². The molecule has 0 saturated carbocycles. The highest BCUT2D eigenvalue weighted by Gasteiger charge is 2.14. The molecular formula is C11H19N5O2. The first kappa shape index (κ1) is 13.0. The molecule has 1 aromatic heterocycles. The van der Waals surface area contributed by atoms with Crippen LogP contribution in [0.25, 0.3) is 0 Å². The van der Waals surface area contributed by atoms with E-state index >= 15 is 0 Å². The molecule has 2 heterocycles. The van der Waals surface area contributed by atoms with Gasteiger partial charge in [-0.25, -0.2) is 0 Å². The molecule has 0 atom stereocenters. The zero-order valence-electron chi connectivity index (χ0n) is 10.6. The summed E-state index contributed by atoms with van der Waals surface area (Å²) in [6, 6.07) is 0. The molecule has 0 aliphatic carbocycles. The van der Waals surface area contributed by atoms with E-state index in [1.165, 1.54) is 0 Å². The summed E-state index contributed by atoms with van der Waals surface area (Å²) in [6.45, 7) is 4.62. The van der Waals surface area contributed by atoms with E-state index < -0.39 is 0 Å². The number of hydrogen-bond acceptors (Lipinski definition) is 7. The van der Waals surface area contributed by atoms with E-state index in [1.54, 1.807) is 13.3 Å². The predicted octanol–water partition coefficient (Wildman–Crippen LogP) is 0.157. The van der Waals surface area contributed by atoms with Crippen LogP contribution in [0.1, 0.15) is 6.42 Å². The molecule has 0 bridgehead atoms. The Kier molecular flexibility index (Phi) is 5.10. The van der Waals surface area contributed by atoms with Crippen molar-refractivity contribution in [1.29, 1.82) is 0 Å². The van der Waals surface area contributed by atoms with Crippen LogP contribution in [-0.4, -0.2) is 61.7 Å². The van der Waals surface area contributed by atoms with E-state index in [9.17, 15) is 0 Å². The summed E-state index contributed by atoms with van der Waals surface area (Å²) in [6.07, 6.45) is 2.57. The Morgan fingerprint density at radius 1 is 1.44 bits per heavy atom. The highest BCUT2D eigenvalue weighted by Crippen LogP contribution is 2.10. The van der Waals surface area contributed by atoms with E-state index in [1.807, 2.05) is 0 Å². The second-order valence-electron chi connectivity index (χ2n) is 4.01. The van der Waals surface area contributed by atoms with Gasteiger partial charge in [0.05, 0.1) is 19.4 Å². The van der Waals surface area contributed by atoms with Crippen LogP contribution in [0.4, 0.5) is 11.8 Å². The summed E-state index contributed by atoms with van der Waals surface area (Å²) in [4.78, 5) is 6.52. The molecule has 1 aliphatic heterocycles. The van der Waals surface area contributed by atoms with Gasteiger partial charge in [-0.05, 0) is 6.42 Å². The Morgan fingerprint density at radius 3 is 3.06 bits per heavy atom. The first-order valence-corrected chi connectivity index (χ1v) is 6.15. The van der Waals surface area contributed by atoms with Crippen molar-refractivity contribution < 1.29 is 9.47 Å². The van der Waals surface area contributed by atoms with Gasteiger partial charge in [0, 0.05) is 33.4 Å². The van der Waals surface area contributed by atoms with Crippen LogP contribution in [0.5, 0.6) is 0 Å². The molecule has 0 unspecified atom stereocenters. The summed E-state index contributed by atoms with van der Waals surface area (Å²) in [7, 11) is 1.70. The maximum atomic E-state index is 5.30. The number of aromatic nitrogens is 3. The van der Waals surface area contributed by atoms with Crippen LogP contribution in [0, 0.1) is 0 Å². The Bertz CT molecular complexity index is 357. The fourth-order valence-corrected chi connectivity index (χ4v) is 1.71. The molecule has 100 valence electrons. The van der Waals surface area contributed by atoms with Gasteiger partial charge in [0.25, 0.3) is 0 Å². The first-order chi connectivity index (χ1) is 8.90. The fourth-order valence-electron chi connectivity index (χ4n) is 1.71. The van der Waals surface area contributed by atoms with Crippen molar-refractivity contribution in [3.63, 3.8) is 0 Å². The van der Waals surface area contributed by atoms with Crippen molar-refractivity contribution in [3.8, 4) is 0 Å². The molecule has 1 aromatic rings. The molecule has 1 saturated heterocycles. The summed E-state index contributed by atoms with van der Waals surface area (Å²) in [5, 5.41) is 11.2. The summed E-state index contributed by atoms with van der Waals surface area (Å²) >= 11 is 0. The number of methoxy groups -OCH3 is 1. The zero-order valence-corrected chi connectivity index (χ0v) is 10.6. The summed E-state index contributed by atoms with van der Waals surface area (Å²) in [5.74, 6) is 1.41. The van der Waals surface area contributed by atoms with Crippen molar-refractivity contribution in [3.05, 3.63) is 6.20 Å². The molecule has 0 spiro atoms. The maximum absolute atomic E-state index is 5.30. The molecule has 18 heavy (non-hydrogen) atoms. The van der Waals surface area contributed by atoms with Gasteiger partial charge in [0.2, 0.25) is 5.95 Å². The van der Waals surface area contributed by atoms with E-state index in [-0.39, 0.29) is 0 Å². The van der Waals surface area contributed by atoms with Gasteiger partial charge in [-0.2, -0.15) is 10.1 Å². The lowest BCUT2D eigenvalue weighted by atomic mass is 10.4. The van der Waals surface area contributed by atoms with Gasteiger partial charge in [-0.15, -0.1) is 5.10 Å². The third kappa shape index (κ3) is 3.78. The molecule has 0 radical (unpaired) electrons. The van der Waals surface area contributed by atoms with Gasteiger partial charge in [0.1, 0.15) is 0 Å². The number of morpholine rings is 1. The van der Waals surface area contributed by atoms with Crippen molar-refractivity contribution in [2.75, 3.05) is 56.8 Å². The number of rotatable bonds is 6. The average molecular weight is 253 g/mol. The fraction of sp³-hybridized carbons (Fsp3) is 0.727. The zero-order chi connectivity index (χ0) is 12.6. The van der Waals surface area contributed by atoms with Crippen LogP contribution in [0.15, 0.2) is 6.20 Å². The quantitative estimate of drug-likeness (QED) is 0.724. The highest BCUT2D eigenvalue weighted by atomic mass is 16.5. The number of ether oxygens (including phenoxy) is 2. The molecule has 2 rings (SSSR count). The lowest BCUT2D eigenvalue weighted by Crippen LogP contribution is -2.37. The molecule has 7 nitrogen and oxygen atoms in total. The smallest absolute Gasteiger partial charge is 0.247 e. The minimum atomic E-state index is 0.662. The lowest BCUT2D eigenvalue weighted by Gasteiger charge is -2.26. The molecule has 1 aliphatic rings. The molecule has 7 heteroatoms. The van der Waals surface area contributed by atoms with Crippen LogP contribution in [0.2, 0.25) is 0 Å². The van der Waals surface area contributed by atoms with E-state index in [4.69, 9.17) is 9.47 Å². The molecule has 0 amide bonds. The predicted molar refractivity (Wildman–Crippen MR) is 67.8 cm³/mol. The SMILES string of the molecule is COCCCNc1cnnc(N2CCOCC2)n1. The van der Waals surface area contributed by atoms with Crippen LogP contribution >= 0.6 is 0 Å². The minimum Gasteiger partial charge on any atom is -0.385 e. The van der Waals surface area contributed by atoms with Crippen molar-refractivity contribution in [2.45, 2.75) is 6.42 Å². The Balaban J connectivity index is 1.88.